The minimum absolute atomic E-state index is 0.00684. The SMILES string of the molecule is CCCCCCC(C)(C)c1cc(O)c([C@H]2C/C(=N\O)[C@@H]3C[C@H]2C3(C)C)c(O)c1. The van der Waals surface area contributed by atoms with Gasteiger partial charge in [0.1, 0.15) is 11.5 Å². The second kappa shape index (κ2) is 7.61. The average molecular weight is 388 g/mol. The van der Waals surface area contributed by atoms with Gasteiger partial charge in [0.05, 0.1) is 5.71 Å². The van der Waals surface area contributed by atoms with Crippen molar-refractivity contribution in [1.29, 1.82) is 0 Å². The molecule has 3 atom stereocenters. The van der Waals surface area contributed by atoms with Crippen molar-refractivity contribution >= 4 is 5.71 Å². The Balaban J connectivity index is 1.86. The van der Waals surface area contributed by atoms with Crippen LogP contribution in [0.2, 0.25) is 0 Å². The fourth-order valence-electron chi connectivity index (χ4n) is 5.66. The van der Waals surface area contributed by atoms with Crippen LogP contribution in [0.1, 0.15) is 96.6 Å². The molecule has 0 amide bonds. The predicted molar refractivity (Wildman–Crippen MR) is 114 cm³/mol. The van der Waals surface area contributed by atoms with Crippen molar-refractivity contribution in [3.05, 3.63) is 23.3 Å². The quantitative estimate of drug-likeness (QED) is 0.291. The lowest BCUT2D eigenvalue weighted by Crippen LogP contribution is -2.56. The van der Waals surface area contributed by atoms with Gasteiger partial charge in [0.25, 0.3) is 0 Å². The summed E-state index contributed by atoms with van der Waals surface area (Å²) in [6.07, 6.45) is 7.44. The lowest BCUT2D eigenvalue weighted by Gasteiger charge is -2.60. The summed E-state index contributed by atoms with van der Waals surface area (Å²) in [6, 6.07) is 3.70. The maximum absolute atomic E-state index is 10.9. The van der Waals surface area contributed by atoms with Crippen LogP contribution < -0.4 is 0 Å². The Hall–Kier alpha value is -1.71. The lowest BCUT2D eigenvalue weighted by molar-refractivity contribution is -0.0182. The summed E-state index contributed by atoms with van der Waals surface area (Å²) in [5.74, 6) is 1.05. The van der Waals surface area contributed by atoms with Crippen molar-refractivity contribution in [3.63, 3.8) is 0 Å². The zero-order valence-electron chi connectivity index (χ0n) is 18.1. The van der Waals surface area contributed by atoms with Crippen LogP contribution in [0.4, 0.5) is 0 Å². The first-order chi connectivity index (χ1) is 13.1. The van der Waals surface area contributed by atoms with Gasteiger partial charge in [0, 0.05) is 11.5 Å². The summed E-state index contributed by atoms with van der Waals surface area (Å²) >= 11 is 0. The molecule has 4 rings (SSSR count). The van der Waals surface area contributed by atoms with Gasteiger partial charge in [-0.3, -0.25) is 0 Å². The third kappa shape index (κ3) is 3.51. The van der Waals surface area contributed by atoms with Gasteiger partial charge in [-0.25, -0.2) is 0 Å². The van der Waals surface area contributed by atoms with Gasteiger partial charge in [0.15, 0.2) is 0 Å². The number of unbranched alkanes of at least 4 members (excludes halogenated alkanes) is 3. The Bertz CT molecular complexity index is 727. The number of nitrogens with zero attached hydrogens (tertiary/aromatic N) is 1. The van der Waals surface area contributed by atoms with Crippen LogP contribution in [-0.2, 0) is 5.41 Å². The highest BCUT2D eigenvalue weighted by molar-refractivity contribution is 5.90. The molecule has 3 aliphatic rings. The van der Waals surface area contributed by atoms with Crippen molar-refractivity contribution in [1.82, 2.24) is 0 Å². The lowest BCUT2D eigenvalue weighted by atomic mass is 9.44. The summed E-state index contributed by atoms with van der Waals surface area (Å²) in [4.78, 5) is 0. The van der Waals surface area contributed by atoms with E-state index >= 15 is 0 Å². The molecule has 0 heterocycles. The molecule has 3 fully saturated rings. The van der Waals surface area contributed by atoms with Crippen LogP contribution in [0, 0.1) is 17.3 Å². The van der Waals surface area contributed by atoms with Gasteiger partial charge in [-0.15, -0.1) is 0 Å². The fraction of sp³-hybridized carbons (Fsp3) is 0.708. The smallest absolute Gasteiger partial charge is 0.123 e. The minimum Gasteiger partial charge on any atom is -0.508 e. The van der Waals surface area contributed by atoms with Crippen LogP contribution in [0.15, 0.2) is 17.3 Å². The number of benzene rings is 1. The molecule has 4 nitrogen and oxygen atoms in total. The van der Waals surface area contributed by atoms with E-state index in [2.05, 4.69) is 39.8 Å². The first-order valence-corrected chi connectivity index (χ1v) is 10.9. The minimum atomic E-state index is -0.0909. The maximum Gasteiger partial charge on any atom is 0.123 e. The Morgan fingerprint density at radius 1 is 1.11 bits per heavy atom. The molecular formula is C24H37NO3. The van der Waals surface area contributed by atoms with Crippen LogP contribution in [0.25, 0.3) is 0 Å². The van der Waals surface area contributed by atoms with E-state index in [9.17, 15) is 15.4 Å². The van der Waals surface area contributed by atoms with Crippen LogP contribution in [0.5, 0.6) is 11.5 Å². The Kier molecular flexibility index (Phi) is 5.71. The summed E-state index contributed by atoms with van der Waals surface area (Å²) in [5, 5.41) is 34.8. The number of phenolic OH excluding ortho intramolecular Hbond substituents is 2. The highest BCUT2D eigenvalue weighted by Crippen LogP contribution is 2.64. The van der Waals surface area contributed by atoms with E-state index in [0.29, 0.717) is 23.8 Å². The molecule has 156 valence electrons. The number of phenols is 2. The first kappa shape index (κ1) is 21.0. The molecule has 0 radical (unpaired) electrons. The molecule has 2 bridgehead atoms. The molecule has 4 heteroatoms. The van der Waals surface area contributed by atoms with Gasteiger partial charge in [0.2, 0.25) is 0 Å². The topological polar surface area (TPSA) is 73.1 Å². The molecular weight excluding hydrogens is 350 g/mol. The van der Waals surface area contributed by atoms with E-state index in [1.807, 2.05) is 12.1 Å². The predicted octanol–water partition coefficient (Wildman–Crippen LogP) is 6.33. The Labute approximate surface area is 169 Å². The Morgan fingerprint density at radius 2 is 1.75 bits per heavy atom. The second-order valence-corrected chi connectivity index (χ2v) is 10.2. The van der Waals surface area contributed by atoms with Gasteiger partial charge in [-0.1, -0.05) is 65.5 Å². The molecule has 0 aromatic heterocycles. The van der Waals surface area contributed by atoms with Gasteiger partial charge in [-0.05, 0) is 59.6 Å². The standard InChI is InChI=1S/C24H37NO3/c1-6-7-8-9-10-23(2,3)15-11-20(26)22(21(27)12-15)16-13-19(25-28)18-14-17(16)24(18,4)5/h11-12,16-18,26-28H,6-10,13-14H2,1-5H3/b25-19+/t16-,17+,18-/m0/s1. The van der Waals surface area contributed by atoms with E-state index in [1.165, 1.54) is 19.3 Å². The van der Waals surface area contributed by atoms with Crippen LogP contribution in [-0.4, -0.2) is 21.1 Å². The van der Waals surface area contributed by atoms with E-state index in [-0.39, 0.29) is 28.2 Å². The molecule has 3 saturated carbocycles. The van der Waals surface area contributed by atoms with Crippen molar-refractivity contribution in [2.24, 2.45) is 22.4 Å². The third-order valence-corrected chi connectivity index (χ3v) is 7.73. The molecule has 1 aromatic carbocycles. The second-order valence-electron chi connectivity index (χ2n) is 10.2. The van der Waals surface area contributed by atoms with Crippen molar-refractivity contribution in [2.45, 2.75) is 90.9 Å². The molecule has 0 unspecified atom stereocenters. The molecule has 0 aliphatic heterocycles. The zero-order chi connectivity index (χ0) is 20.7. The normalized spacial score (nSPS) is 27.6. The van der Waals surface area contributed by atoms with Crippen molar-refractivity contribution in [2.75, 3.05) is 0 Å². The molecule has 3 aliphatic carbocycles. The fourth-order valence-corrected chi connectivity index (χ4v) is 5.66. The zero-order valence-corrected chi connectivity index (χ0v) is 18.1. The van der Waals surface area contributed by atoms with Gasteiger partial charge >= 0.3 is 0 Å². The highest BCUT2D eigenvalue weighted by atomic mass is 16.4. The molecule has 28 heavy (non-hydrogen) atoms. The summed E-state index contributed by atoms with van der Waals surface area (Å²) in [7, 11) is 0. The monoisotopic (exact) mass is 387 g/mol. The highest BCUT2D eigenvalue weighted by Gasteiger charge is 2.58. The van der Waals surface area contributed by atoms with Crippen molar-refractivity contribution in [3.8, 4) is 11.5 Å². The number of hydrogen-bond acceptors (Lipinski definition) is 4. The van der Waals surface area contributed by atoms with E-state index in [0.717, 1.165) is 30.5 Å². The largest absolute Gasteiger partial charge is 0.508 e. The van der Waals surface area contributed by atoms with Crippen LogP contribution in [0.3, 0.4) is 0 Å². The van der Waals surface area contributed by atoms with Crippen molar-refractivity contribution < 1.29 is 15.4 Å². The number of rotatable bonds is 7. The van der Waals surface area contributed by atoms with E-state index in [1.54, 1.807) is 0 Å². The number of oxime groups is 1. The first-order valence-electron chi connectivity index (χ1n) is 10.9. The van der Waals surface area contributed by atoms with E-state index in [4.69, 9.17) is 0 Å². The Morgan fingerprint density at radius 3 is 2.29 bits per heavy atom. The number of hydrogen-bond donors (Lipinski definition) is 3. The summed E-state index contributed by atoms with van der Waals surface area (Å²) in [6.45, 7) is 11.0. The summed E-state index contributed by atoms with van der Waals surface area (Å²) in [5.41, 5.74) is 2.35. The van der Waals surface area contributed by atoms with E-state index < -0.39 is 0 Å². The van der Waals surface area contributed by atoms with Gasteiger partial charge in [-0.2, -0.15) is 0 Å². The number of aromatic hydroxyl groups is 2. The average Bonchev–Trinajstić information content (AvgIpc) is 2.64. The maximum atomic E-state index is 10.9. The molecule has 0 spiro atoms. The third-order valence-electron chi connectivity index (χ3n) is 7.73. The molecule has 0 saturated heterocycles. The molecule has 3 N–H and O–H groups in total. The van der Waals surface area contributed by atoms with Gasteiger partial charge < -0.3 is 15.4 Å². The number of fused-ring (bicyclic) bond motifs is 2. The molecule has 1 aromatic rings. The summed E-state index contributed by atoms with van der Waals surface area (Å²) < 4.78 is 0. The van der Waals surface area contributed by atoms with Crippen LogP contribution >= 0.6 is 0 Å².